The van der Waals surface area contributed by atoms with E-state index in [2.05, 4.69) is 10.3 Å². The van der Waals surface area contributed by atoms with Crippen molar-refractivity contribution >= 4 is 56.1 Å². The van der Waals surface area contributed by atoms with Crippen LogP contribution in [0.2, 0.25) is 0 Å². The van der Waals surface area contributed by atoms with Gasteiger partial charge in [0.15, 0.2) is 11.7 Å². The molecule has 1 unspecified atom stereocenters. The van der Waals surface area contributed by atoms with Crippen molar-refractivity contribution in [3.63, 3.8) is 0 Å². The zero-order valence-electron chi connectivity index (χ0n) is 24.1. The van der Waals surface area contributed by atoms with E-state index >= 15 is 0 Å². The van der Waals surface area contributed by atoms with E-state index in [4.69, 9.17) is 13.9 Å². The number of ether oxygens (including phenoxy) is 2. The molecule has 43 heavy (non-hydrogen) atoms. The van der Waals surface area contributed by atoms with E-state index < -0.39 is 23.9 Å². The normalized spacial score (nSPS) is 14.0. The van der Waals surface area contributed by atoms with Crippen molar-refractivity contribution < 1.29 is 28.3 Å². The Labute approximate surface area is 253 Å². The monoisotopic (exact) mass is 596 g/mol. The number of esters is 2. The third-order valence-electron chi connectivity index (χ3n) is 7.69. The number of oxazole rings is 1. The Kier molecular flexibility index (Phi) is 8.24. The molecule has 1 atom stereocenters. The molecular formula is C34H32N2O6S. The van der Waals surface area contributed by atoms with Gasteiger partial charge in [0, 0.05) is 15.8 Å². The highest BCUT2D eigenvalue weighted by molar-refractivity contribution is 7.17. The number of aromatic nitrogens is 1. The predicted octanol–water partition coefficient (Wildman–Crippen LogP) is 7.73. The molecular weight excluding hydrogens is 564 g/mol. The van der Waals surface area contributed by atoms with E-state index in [0.29, 0.717) is 44.1 Å². The largest absolute Gasteiger partial charge is 0.462 e. The van der Waals surface area contributed by atoms with Crippen molar-refractivity contribution in [2.24, 2.45) is 0 Å². The second-order valence-electron chi connectivity index (χ2n) is 10.6. The lowest BCUT2D eigenvalue weighted by Crippen LogP contribution is -2.30. The first kappa shape index (κ1) is 28.6. The number of thiophene rings is 1. The maximum Gasteiger partial charge on any atom is 0.341 e. The van der Waals surface area contributed by atoms with Crippen LogP contribution < -0.4 is 5.32 Å². The van der Waals surface area contributed by atoms with E-state index in [0.717, 1.165) is 54.4 Å². The standard InChI is InChI=1S/C34H32N2O6S/c1-3-40-34(39)29-22-14-6-4-5-7-19-27(22)43-32(29)36-30(37)20(2)41-33(38)24-16-11-13-21-12-10-15-23(28(21)24)31-35-25-17-8-9-18-26(25)42-31/h8-13,15-18,20H,3-7,14,19H2,1-2H3,(H,36,37). The van der Waals surface area contributed by atoms with Gasteiger partial charge >= 0.3 is 11.9 Å². The van der Waals surface area contributed by atoms with Crippen LogP contribution >= 0.6 is 11.3 Å². The highest BCUT2D eigenvalue weighted by Crippen LogP contribution is 2.38. The fraction of sp³-hybridized carbons (Fsp3) is 0.294. The maximum atomic E-state index is 13.6. The van der Waals surface area contributed by atoms with E-state index in [-0.39, 0.29) is 6.61 Å². The average molecular weight is 597 g/mol. The number of aryl methyl sites for hydroxylation is 1. The minimum Gasteiger partial charge on any atom is -0.462 e. The number of nitrogens with zero attached hydrogens (tertiary/aromatic N) is 1. The molecule has 8 nitrogen and oxygen atoms in total. The van der Waals surface area contributed by atoms with Crippen molar-refractivity contribution in [3.8, 4) is 11.5 Å². The van der Waals surface area contributed by atoms with Gasteiger partial charge in [0.1, 0.15) is 10.5 Å². The summed E-state index contributed by atoms with van der Waals surface area (Å²) in [4.78, 5) is 45.6. The van der Waals surface area contributed by atoms with Crippen LogP contribution in [0.1, 0.15) is 70.7 Å². The Morgan fingerprint density at radius 1 is 0.953 bits per heavy atom. The molecule has 0 aliphatic heterocycles. The number of amides is 1. The van der Waals surface area contributed by atoms with Crippen LogP contribution in [-0.4, -0.2) is 35.5 Å². The van der Waals surface area contributed by atoms with Crippen LogP contribution in [0.4, 0.5) is 5.00 Å². The maximum absolute atomic E-state index is 13.6. The van der Waals surface area contributed by atoms with Gasteiger partial charge in [0.25, 0.3) is 5.91 Å². The summed E-state index contributed by atoms with van der Waals surface area (Å²) in [6, 6.07) is 18.4. The molecule has 0 bridgehead atoms. The summed E-state index contributed by atoms with van der Waals surface area (Å²) < 4.78 is 17.1. The third kappa shape index (κ3) is 5.77. The Morgan fingerprint density at radius 2 is 1.72 bits per heavy atom. The fourth-order valence-corrected chi connectivity index (χ4v) is 6.87. The number of para-hydroxylation sites is 2. The van der Waals surface area contributed by atoms with Crippen LogP contribution in [0.15, 0.2) is 65.1 Å². The number of hydrogen-bond donors (Lipinski definition) is 1. The number of carbonyl (C=O) groups is 3. The van der Waals surface area contributed by atoms with Crippen molar-refractivity contribution in [2.45, 2.75) is 58.5 Å². The fourth-order valence-electron chi connectivity index (χ4n) is 5.59. The summed E-state index contributed by atoms with van der Waals surface area (Å²) >= 11 is 1.41. The van der Waals surface area contributed by atoms with Crippen LogP contribution in [0.3, 0.4) is 0 Å². The van der Waals surface area contributed by atoms with Crippen molar-refractivity contribution in [1.29, 1.82) is 0 Å². The average Bonchev–Trinajstić information content (AvgIpc) is 3.57. The van der Waals surface area contributed by atoms with Crippen LogP contribution in [0.25, 0.3) is 33.3 Å². The van der Waals surface area contributed by atoms with Gasteiger partial charge in [-0.1, -0.05) is 49.2 Å². The lowest BCUT2D eigenvalue weighted by molar-refractivity contribution is -0.123. The second-order valence-corrected chi connectivity index (χ2v) is 11.7. The SMILES string of the molecule is CCOC(=O)c1c(NC(=O)C(C)OC(=O)c2cccc3cccc(-c4nc5ccccc5o4)c23)sc2c1CCCCCC2. The number of nitrogens with one attached hydrogen (secondary N) is 1. The molecule has 0 fully saturated rings. The lowest BCUT2D eigenvalue weighted by Gasteiger charge is -2.15. The van der Waals surface area contributed by atoms with Gasteiger partial charge in [-0.3, -0.25) is 4.79 Å². The summed E-state index contributed by atoms with van der Waals surface area (Å²) in [5.41, 5.74) is 3.68. The van der Waals surface area contributed by atoms with E-state index in [1.54, 1.807) is 19.1 Å². The first-order valence-electron chi connectivity index (χ1n) is 14.7. The predicted molar refractivity (Wildman–Crippen MR) is 167 cm³/mol. The highest BCUT2D eigenvalue weighted by Gasteiger charge is 2.29. The number of carbonyl (C=O) groups excluding carboxylic acids is 3. The lowest BCUT2D eigenvalue weighted by atomic mass is 9.96. The van der Waals surface area contributed by atoms with Gasteiger partial charge < -0.3 is 19.2 Å². The summed E-state index contributed by atoms with van der Waals surface area (Å²) in [5, 5.41) is 4.75. The van der Waals surface area contributed by atoms with Crippen molar-refractivity contribution in [2.75, 3.05) is 11.9 Å². The number of benzene rings is 3. The first-order chi connectivity index (χ1) is 20.9. The van der Waals surface area contributed by atoms with Gasteiger partial charge in [-0.25, -0.2) is 14.6 Å². The molecule has 1 aliphatic carbocycles. The molecule has 9 heteroatoms. The molecule has 220 valence electrons. The Balaban J connectivity index is 1.27. The van der Waals surface area contributed by atoms with Gasteiger partial charge in [0.05, 0.1) is 17.7 Å². The van der Waals surface area contributed by atoms with E-state index in [9.17, 15) is 14.4 Å². The zero-order chi connectivity index (χ0) is 29.9. The van der Waals surface area contributed by atoms with Crippen LogP contribution in [0.5, 0.6) is 0 Å². The third-order valence-corrected chi connectivity index (χ3v) is 8.90. The summed E-state index contributed by atoms with van der Waals surface area (Å²) in [5.74, 6) is -1.23. The molecule has 1 N–H and O–H groups in total. The number of hydrogen-bond acceptors (Lipinski definition) is 8. The highest BCUT2D eigenvalue weighted by atomic mass is 32.1. The molecule has 3 aromatic carbocycles. The Hall–Kier alpha value is -4.50. The van der Waals surface area contributed by atoms with Crippen LogP contribution in [-0.2, 0) is 27.1 Å². The molecule has 0 spiro atoms. The van der Waals surface area contributed by atoms with Gasteiger partial charge in [-0.2, -0.15) is 0 Å². The molecule has 5 aromatic rings. The van der Waals surface area contributed by atoms with Crippen molar-refractivity contribution in [3.05, 3.63) is 82.2 Å². The van der Waals surface area contributed by atoms with Crippen LogP contribution in [0, 0.1) is 0 Å². The Bertz CT molecular complexity index is 1800. The number of fused-ring (bicyclic) bond motifs is 3. The molecule has 1 aliphatic rings. The second kappa shape index (κ2) is 12.4. The minimum absolute atomic E-state index is 0.238. The van der Waals surface area contributed by atoms with Gasteiger partial charge in [-0.05, 0) is 74.7 Å². The topological polar surface area (TPSA) is 108 Å². The van der Waals surface area contributed by atoms with Gasteiger partial charge in [0.2, 0.25) is 5.89 Å². The van der Waals surface area contributed by atoms with Gasteiger partial charge in [-0.15, -0.1) is 11.3 Å². The molecule has 0 saturated carbocycles. The molecule has 1 amide bonds. The molecule has 2 aromatic heterocycles. The molecule has 0 saturated heterocycles. The number of anilines is 1. The summed E-state index contributed by atoms with van der Waals surface area (Å²) in [6.45, 7) is 3.52. The molecule has 2 heterocycles. The number of rotatable bonds is 7. The van der Waals surface area contributed by atoms with E-state index in [1.165, 1.54) is 18.3 Å². The minimum atomic E-state index is -1.13. The molecule has 0 radical (unpaired) electrons. The quantitative estimate of drug-likeness (QED) is 0.192. The smallest absolute Gasteiger partial charge is 0.341 e. The Morgan fingerprint density at radius 3 is 2.51 bits per heavy atom. The van der Waals surface area contributed by atoms with E-state index in [1.807, 2.05) is 48.5 Å². The summed E-state index contributed by atoms with van der Waals surface area (Å²) in [7, 11) is 0. The molecule has 6 rings (SSSR count). The zero-order valence-corrected chi connectivity index (χ0v) is 24.9. The van der Waals surface area contributed by atoms with Crippen molar-refractivity contribution in [1.82, 2.24) is 4.98 Å². The summed E-state index contributed by atoms with van der Waals surface area (Å²) in [6.07, 6.45) is 4.76. The first-order valence-corrected chi connectivity index (χ1v) is 15.5.